The number of hydrogen-bond acceptors (Lipinski definition) is 3. The molecule has 21 heavy (non-hydrogen) atoms. The molecule has 1 saturated carbocycles. The van der Waals surface area contributed by atoms with E-state index < -0.39 is 5.60 Å². The van der Waals surface area contributed by atoms with Crippen molar-refractivity contribution in [1.82, 2.24) is 10.6 Å². The maximum absolute atomic E-state index is 11.9. The first-order valence-electron chi connectivity index (χ1n) is 8.46. The Labute approximate surface area is 130 Å². The van der Waals surface area contributed by atoms with Gasteiger partial charge in [0.15, 0.2) is 0 Å². The second-order valence-corrected chi connectivity index (χ2v) is 7.55. The maximum Gasteiger partial charge on any atom is 0.407 e. The SMILES string of the molecule is CCC(C)C(C)NC1CCCC(NC(=O)OC(C)(C)C)C1. The Hall–Kier alpha value is -0.770. The number of nitrogens with one attached hydrogen (secondary N) is 2. The quantitative estimate of drug-likeness (QED) is 0.810. The average molecular weight is 298 g/mol. The molecule has 0 spiro atoms. The predicted molar refractivity (Wildman–Crippen MR) is 87.5 cm³/mol. The summed E-state index contributed by atoms with van der Waals surface area (Å²) < 4.78 is 5.34. The van der Waals surface area contributed by atoms with Crippen LogP contribution in [0.25, 0.3) is 0 Å². The normalized spacial score (nSPS) is 26.0. The van der Waals surface area contributed by atoms with Crippen molar-refractivity contribution in [2.75, 3.05) is 0 Å². The second kappa shape index (κ2) is 8.02. The Morgan fingerprint density at radius 2 is 1.86 bits per heavy atom. The summed E-state index contributed by atoms with van der Waals surface area (Å²) in [6, 6.07) is 1.26. The van der Waals surface area contributed by atoms with Crippen molar-refractivity contribution in [3.8, 4) is 0 Å². The molecular weight excluding hydrogens is 264 g/mol. The summed E-state index contributed by atoms with van der Waals surface area (Å²) >= 11 is 0. The van der Waals surface area contributed by atoms with Crippen LogP contribution in [0.5, 0.6) is 0 Å². The minimum atomic E-state index is -0.429. The fourth-order valence-corrected chi connectivity index (χ4v) is 2.84. The number of rotatable bonds is 5. The van der Waals surface area contributed by atoms with Gasteiger partial charge in [-0.3, -0.25) is 0 Å². The molecule has 0 radical (unpaired) electrons. The first kappa shape index (κ1) is 18.3. The molecule has 1 aliphatic carbocycles. The molecule has 124 valence electrons. The van der Waals surface area contributed by atoms with Crippen molar-refractivity contribution in [2.24, 2.45) is 5.92 Å². The van der Waals surface area contributed by atoms with Gasteiger partial charge in [-0.25, -0.2) is 4.79 Å². The lowest BCUT2D eigenvalue weighted by Gasteiger charge is -2.34. The Morgan fingerprint density at radius 3 is 2.43 bits per heavy atom. The molecule has 0 bridgehead atoms. The molecule has 1 rings (SSSR count). The predicted octanol–water partition coefficient (Wildman–Crippen LogP) is 3.85. The third kappa shape index (κ3) is 7.16. The van der Waals surface area contributed by atoms with E-state index in [-0.39, 0.29) is 12.1 Å². The van der Waals surface area contributed by atoms with E-state index in [1.54, 1.807) is 0 Å². The summed E-state index contributed by atoms with van der Waals surface area (Å²) in [5, 5.41) is 6.75. The van der Waals surface area contributed by atoms with Crippen LogP contribution in [0, 0.1) is 5.92 Å². The Bertz CT molecular complexity index is 325. The lowest BCUT2D eigenvalue weighted by atomic mass is 9.89. The van der Waals surface area contributed by atoms with Crippen molar-refractivity contribution < 1.29 is 9.53 Å². The monoisotopic (exact) mass is 298 g/mol. The molecule has 0 saturated heterocycles. The molecule has 0 aromatic rings. The zero-order chi connectivity index (χ0) is 16.0. The summed E-state index contributed by atoms with van der Waals surface area (Å²) in [6.07, 6.45) is 5.32. The first-order valence-corrected chi connectivity index (χ1v) is 8.46. The molecule has 4 heteroatoms. The standard InChI is InChI=1S/C17H34N2O2/c1-7-12(2)13(3)18-14-9-8-10-15(11-14)19-16(20)21-17(4,5)6/h12-15,18H,7-11H2,1-6H3,(H,19,20). The van der Waals surface area contributed by atoms with Crippen molar-refractivity contribution in [3.05, 3.63) is 0 Å². The lowest BCUT2D eigenvalue weighted by Crippen LogP contribution is -2.48. The van der Waals surface area contributed by atoms with Gasteiger partial charge < -0.3 is 15.4 Å². The Kier molecular flexibility index (Phi) is 6.98. The highest BCUT2D eigenvalue weighted by molar-refractivity contribution is 5.68. The van der Waals surface area contributed by atoms with Gasteiger partial charge in [0.05, 0.1) is 0 Å². The van der Waals surface area contributed by atoms with Gasteiger partial charge in [-0.2, -0.15) is 0 Å². The largest absolute Gasteiger partial charge is 0.444 e. The van der Waals surface area contributed by atoms with E-state index in [1.807, 2.05) is 20.8 Å². The summed E-state index contributed by atoms with van der Waals surface area (Å²) in [7, 11) is 0. The van der Waals surface area contributed by atoms with Crippen LogP contribution in [-0.2, 0) is 4.74 Å². The molecule has 0 aromatic heterocycles. The molecule has 0 aliphatic heterocycles. The van der Waals surface area contributed by atoms with Gasteiger partial charge in [0.1, 0.15) is 5.60 Å². The highest BCUT2D eigenvalue weighted by Crippen LogP contribution is 2.21. The van der Waals surface area contributed by atoms with Crippen molar-refractivity contribution in [2.45, 2.75) is 97.4 Å². The smallest absolute Gasteiger partial charge is 0.407 e. The molecule has 4 unspecified atom stereocenters. The Balaban J connectivity index is 2.40. The van der Waals surface area contributed by atoms with Gasteiger partial charge in [0, 0.05) is 18.1 Å². The van der Waals surface area contributed by atoms with E-state index in [2.05, 4.69) is 31.4 Å². The number of hydrogen-bond donors (Lipinski definition) is 2. The summed E-state index contributed by atoms with van der Waals surface area (Å²) in [4.78, 5) is 11.9. The number of carbonyl (C=O) groups excluding carboxylic acids is 1. The fourth-order valence-electron chi connectivity index (χ4n) is 2.84. The minimum absolute atomic E-state index is 0.232. The van der Waals surface area contributed by atoms with E-state index in [4.69, 9.17) is 4.74 Å². The zero-order valence-electron chi connectivity index (χ0n) is 14.7. The van der Waals surface area contributed by atoms with Crippen LogP contribution in [0.15, 0.2) is 0 Å². The fraction of sp³-hybridized carbons (Fsp3) is 0.941. The van der Waals surface area contributed by atoms with E-state index in [0.717, 1.165) is 19.3 Å². The molecule has 4 nitrogen and oxygen atoms in total. The molecule has 2 N–H and O–H groups in total. The van der Waals surface area contributed by atoms with Crippen molar-refractivity contribution >= 4 is 6.09 Å². The van der Waals surface area contributed by atoms with Crippen LogP contribution < -0.4 is 10.6 Å². The molecule has 0 aromatic carbocycles. The molecule has 4 atom stereocenters. The van der Waals surface area contributed by atoms with Crippen LogP contribution in [0.1, 0.15) is 73.6 Å². The summed E-state index contributed by atoms with van der Waals surface area (Å²) in [5.74, 6) is 0.684. The van der Waals surface area contributed by atoms with Crippen LogP contribution in [0.4, 0.5) is 4.79 Å². The highest BCUT2D eigenvalue weighted by atomic mass is 16.6. The molecule has 1 amide bonds. The van der Waals surface area contributed by atoms with E-state index in [0.29, 0.717) is 18.0 Å². The highest BCUT2D eigenvalue weighted by Gasteiger charge is 2.26. The lowest BCUT2D eigenvalue weighted by molar-refractivity contribution is 0.0487. The average Bonchev–Trinajstić information content (AvgIpc) is 2.35. The maximum atomic E-state index is 11.9. The van der Waals surface area contributed by atoms with Crippen LogP contribution in [0.3, 0.4) is 0 Å². The first-order chi connectivity index (χ1) is 9.71. The topological polar surface area (TPSA) is 50.4 Å². The van der Waals surface area contributed by atoms with Gasteiger partial charge in [-0.1, -0.05) is 20.3 Å². The second-order valence-electron chi connectivity index (χ2n) is 7.55. The van der Waals surface area contributed by atoms with Crippen molar-refractivity contribution in [1.29, 1.82) is 0 Å². The molecular formula is C17H34N2O2. The number of ether oxygens (including phenoxy) is 1. The van der Waals surface area contributed by atoms with Gasteiger partial charge in [-0.15, -0.1) is 0 Å². The number of alkyl carbamates (subject to hydrolysis) is 1. The van der Waals surface area contributed by atoms with Gasteiger partial charge >= 0.3 is 6.09 Å². The van der Waals surface area contributed by atoms with Crippen molar-refractivity contribution in [3.63, 3.8) is 0 Å². The molecule has 1 aliphatic rings. The van der Waals surface area contributed by atoms with Gasteiger partial charge in [0.2, 0.25) is 0 Å². The van der Waals surface area contributed by atoms with E-state index in [9.17, 15) is 4.79 Å². The minimum Gasteiger partial charge on any atom is -0.444 e. The van der Waals surface area contributed by atoms with E-state index in [1.165, 1.54) is 12.8 Å². The van der Waals surface area contributed by atoms with E-state index >= 15 is 0 Å². The van der Waals surface area contributed by atoms with Crippen LogP contribution in [-0.4, -0.2) is 29.8 Å². The molecule has 1 fully saturated rings. The third-order valence-corrected chi connectivity index (χ3v) is 4.39. The third-order valence-electron chi connectivity index (χ3n) is 4.39. The summed E-state index contributed by atoms with van der Waals surface area (Å²) in [5.41, 5.74) is -0.429. The van der Waals surface area contributed by atoms with Crippen LogP contribution >= 0.6 is 0 Å². The zero-order valence-corrected chi connectivity index (χ0v) is 14.7. The van der Waals surface area contributed by atoms with Gasteiger partial charge in [-0.05, 0) is 59.3 Å². The van der Waals surface area contributed by atoms with Crippen LogP contribution in [0.2, 0.25) is 0 Å². The number of amides is 1. The summed E-state index contributed by atoms with van der Waals surface area (Å²) in [6.45, 7) is 12.5. The Morgan fingerprint density at radius 1 is 1.24 bits per heavy atom. The molecule has 0 heterocycles. The number of carbonyl (C=O) groups is 1. The van der Waals surface area contributed by atoms with Gasteiger partial charge in [0.25, 0.3) is 0 Å².